The van der Waals surface area contributed by atoms with Crippen molar-refractivity contribution in [3.63, 3.8) is 0 Å². The molecule has 0 aliphatic heterocycles. The molecule has 2 atom stereocenters. The van der Waals surface area contributed by atoms with Crippen molar-refractivity contribution < 1.29 is 24.8 Å². The summed E-state index contributed by atoms with van der Waals surface area (Å²) in [7, 11) is 0. The van der Waals surface area contributed by atoms with Gasteiger partial charge in [0.05, 0.1) is 12.0 Å². The summed E-state index contributed by atoms with van der Waals surface area (Å²) < 4.78 is 0. The molecule has 19 heavy (non-hydrogen) atoms. The van der Waals surface area contributed by atoms with Gasteiger partial charge in [-0.05, 0) is 39.5 Å². The van der Waals surface area contributed by atoms with E-state index in [0.29, 0.717) is 32.3 Å². The molecule has 2 unspecified atom stereocenters. The van der Waals surface area contributed by atoms with Crippen LogP contribution < -0.4 is 0 Å². The molecular formula is C14H28O5. The van der Waals surface area contributed by atoms with Crippen LogP contribution in [-0.4, -0.2) is 35.0 Å². The number of hydrogen-bond acceptors (Lipinski definition) is 4. The van der Waals surface area contributed by atoms with Gasteiger partial charge in [0.1, 0.15) is 5.60 Å². The van der Waals surface area contributed by atoms with E-state index in [1.54, 1.807) is 13.8 Å². The second-order valence-corrected chi connectivity index (χ2v) is 5.31. The topological polar surface area (TPSA) is 76.0 Å². The monoisotopic (exact) mass is 276 g/mol. The first kappa shape index (κ1) is 18.4. The summed E-state index contributed by atoms with van der Waals surface area (Å²) in [6.45, 7) is 7.81. The van der Waals surface area contributed by atoms with Gasteiger partial charge < -0.3 is 10.2 Å². The van der Waals surface area contributed by atoms with Crippen LogP contribution >= 0.6 is 0 Å². The minimum absolute atomic E-state index is 0.122. The molecule has 5 nitrogen and oxygen atoms in total. The molecule has 0 spiro atoms. The van der Waals surface area contributed by atoms with E-state index < -0.39 is 17.0 Å². The van der Waals surface area contributed by atoms with Crippen molar-refractivity contribution in [2.75, 3.05) is 13.2 Å². The van der Waals surface area contributed by atoms with Gasteiger partial charge in [-0.2, -0.15) is 0 Å². The maximum Gasteiger partial charge on any atom is 0.312 e. The first-order valence-corrected chi connectivity index (χ1v) is 7.02. The zero-order valence-corrected chi connectivity index (χ0v) is 12.6. The standard InChI is InChI=1S/C14H28O5/c1-5-9-14(4,13(3,6-2)12(16)17)19-18-11-8-7-10-15/h15H,5-11H2,1-4H3,(H,16,17). The quantitative estimate of drug-likeness (QED) is 0.345. The molecule has 0 aromatic rings. The molecule has 114 valence electrons. The normalized spacial score (nSPS) is 17.7. The predicted molar refractivity (Wildman–Crippen MR) is 72.7 cm³/mol. The fourth-order valence-corrected chi connectivity index (χ4v) is 2.08. The van der Waals surface area contributed by atoms with Crippen LogP contribution in [0.3, 0.4) is 0 Å². The highest BCUT2D eigenvalue weighted by Crippen LogP contribution is 2.41. The molecule has 2 N–H and O–H groups in total. The number of carboxylic acids is 1. The van der Waals surface area contributed by atoms with Crippen molar-refractivity contribution in [2.45, 2.75) is 65.4 Å². The molecule has 0 heterocycles. The smallest absolute Gasteiger partial charge is 0.312 e. The fourth-order valence-electron chi connectivity index (χ4n) is 2.08. The third-order valence-electron chi connectivity index (χ3n) is 3.95. The number of carbonyl (C=O) groups is 1. The first-order chi connectivity index (χ1) is 8.88. The van der Waals surface area contributed by atoms with Crippen molar-refractivity contribution in [1.29, 1.82) is 0 Å². The van der Waals surface area contributed by atoms with Crippen molar-refractivity contribution >= 4 is 5.97 Å². The zero-order chi connectivity index (χ0) is 14.9. The average Bonchev–Trinajstić information content (AvgIpc) is 2.37. The van der Waals surface area contributed by atoms with Crippen molar-refractivity contribution in [1.82, 2.24) is 0 Å². The largest absolute Gasteiger partial charge is 0.481 e. The Kier molecular flexibility index (Phi) is 8.22. The average molecular weight is 276 g/mol. The molecule has 0 fully saturated rings. The highest BCUT2D eigenvalue weighted by atomic mass is 17.2. The minimum Gasteiger partial charge on any atom is -0.481 e. The number of unbranched alkanes of at least 4 members (excludes halogenated alkanes) is 1. The second kappa shape index (κ2) is 8.51. The Bertz CT molecular complexity index is 269. The molecule has 0 bridgehead atoms. The fraction of sp³-hybridized carbons (Fsp3) is 0.929. The van der Waals surface area contributed by atoms with Gasteiger partial charge in [0.15, 0.2) is 0 Å². The number of aliphatic hydroxyl groups excluding tert-OH is 1. The Morgan fingerprint density at radius 1 is 1.21 bits per heavy atom. The summed E-state index contributed by atoms with van der Waals surface area (Å²) in [6, 6.07) is 0. The van der Waals surface area contributed by atoms with Gasteiger partial charge in [-0.1, -0.05) is 20.3 Å². The summed E-state index contributed by atoms with van der Waals surface area (Å²) >= 11 is 0. The highest BCUT2D eigenvalue weighted by Gasteiger charge is 2.50. The van der Waals surface area contributed by atoms with Crippen LogP contribution in [-0.2, 0) is 14.6 Å². The molecule has 0 radical (unpaired) electrons. The van der Waals surface area contributed by atoms with E-state index in [1.807, 2.05) is 13.8 Å². The lowest BCUT2D eigenvalue weighted by molar-refractivity contribution is -0.380. The Labute approximate surface area is 115 Å². The molecule has 0 saturated heterocycles. The number of hydrogen-bond donors (Lipinski definition) is 2. The molecule has 0 aliphatic rings. The highest BCUT2D eigenvalue weighted by molar-refractivity contribution is 5.75. The molecule has 0 aromatic heterocycles. The summed E-state index contributed by atoms with van der Waals surface area (Å²) in [4.78, 5) is 22.2. The molecule has 0 aromatic carbocycles. The maximum absolute atomic E-state index is 11.5. The lowest BCUT2D eigenvalue weighted by atomic mass is 9.70. The van der Waals surface area contributed by atoms with E-state index in [0.717, 1.165) is 6.42 Å². The van der Waals surface area contributed by atoms with Crippen LogP contribution in [0.25, 0.3) is 0 Å². The lowest BCUT2D eigenvalue weighted by Gasteiger charge is -2.41. The van der Waals surface area contributed by atoms with Crippen LogP contribution in [0.1, 0.15) is 59.8 Å². The van der Waals surface area contributed by atoms with Crippen LogP contribution in [0, 0.1) is 5.41 Å². The van der Waals surface area contributed by atoms with Gasteiger partial charge in [0, 0.05) is 6.61 Å². The Morgan fingerprint density at radius 3 is 2.26 bits per heavy atom. The minimum atomic E-state index is -0.986. The Morgan fingerprint density at radius 2 is 1.84 bits per heavy atom. The summed E-state index contributed by atoms with van der Waals surface area (Å²) in [6.07, 6.45) is 3.24. The summed E-state index contributed by atoms with van der Waals surface area (Å²) in [5.74, 6) is -0.870. The van der Waals surface area contributed by atoms with Crippen LogP contribution in [0.2, 0.25) is 0 Å². The van der Waals surface area contributed by atoms with Crippen molar-refractivity contribution in [3.05, 3.63) is 0 Å². The van der Waals surface area contributed by atoms with E-state index in [4.69, 9.17) is 14.9 Å². The van der Waals surface area contributed by atoms with E-state index in [1.165, 1.54) is 0 Å². The lowest BCUT2D eigenvalue weighted by Crippen LogP contribution is -2.51. The van der Waals surface area contributed by atoms with Crippen molar-refractivity contribution in [3.8, 4) is 0 Å². The number of aliphatic carboxylic acids is 1. The second-order valence-electron chi connectivity index (χ2n) is 5.31. The molecule has 0 saturated carbocycles. The van der Waals surface area contributed by atoms with Crippen LogP contribution in [0.4, 0.5) is 0 Å². The van der Waals surface area contributed by atoms with Gasteiger partial charge in [0.25, 0.3) is 0 Å². The molecule has 0 amide bonds. The predicted octanol–water partition coefficient (Wildman–Crippen LogP) is 2.77. The third kappa shape index (κ3) is 4.75. The van der Waals surface area contributed by atoms with Gasteiger partial charge in [-0.3, -0.25) is 4.79 Å². The number of carboxylic acid groups (broad SMARTS) is 1. The molecule has 0 aliphatic carbocycles. The molecule has 5 heteroatoms. The third-order valence-corrected chi connectivity index (χ3v) is 3.95. The van der Waals surface area contributed by atoms with E-state index >= 15 is 0 Å². The van der Waals surface area contributed by atoms with Gasteiger partial charge in [0.2, 0.25) is 0 Å². The summed E-state index contributed by atoms with van der Waals surface area (Å²) in [5, 5.41) is 18.1. The first-order valence-electron chi connectivity index (χ1n) is 7.02. The Balaban J connectivity index is 4.68. The number of aliphatic hydroxyl groups is 1. The van der Waals surface area contributed by atoms with Gasteiger partial charge >= 0.3 is 5.97 Å². The van der Waals surface area contributed by atoms with Crippen molar-refractivity contribution in [2.24, 2.45) is 5.41 Å². The van der Waals surface area contributed by atoms with Gasteiger partial charge in [-0.25, -0.2) is 9.78 Å². The van der Waals surface area contributed by atoms with Crippen LogP contribution in [0.15, 0.2) is 0 Å². The molecule has 0 rings (SSSR count). The maximum atomic E-state index is 11.5. The SMILES string of the molecule is CCCC(C)(OOCCCCO)C(C)(CC)C(=O)O. The Hall–Kier alpha value is -0.650. The van der Waals surface area contributed by atoms with Gasteiger partial charge in [-0.15, -0.1) is 0 Å². The van der Waals surface area contributed by atoms with E-state index in [-0.39, 0.29) is 6.61 Å². The zero-order valence-electron chi connectivity index (χ0n) is 12.6. The van der Waals surface area contributed by atoms with E-state index in [9.17, 15) is 9.90 Å². The summed E-state index contributed by atoms with van der Waals surface area (Å²) in [5.41, 5.74) is -1.85. The van der Waals surface area contributed by atoms with E-state index in [2.05, 4.69) is 0 Å². The number of rotatable bonds is 11. The van der Waals surface area contributed by atoms with Crippen LogP contribution in [0.5, 0.6) is 0 Å². The molecular weight excluding hydrogens is 248 g/mol.